The molecular weight excluding hydrogens is 254 g/mol. The number of hydrogen-bond donors (Lipinski definition) is 1. The predicted molar refractivity (Wildman–Crippen MR) is 65.2 cm³/mol. The number of sulfonamides is 1. The molecule has 0 saturated heterocycles. The van der Waals surface area contributed by atoms with Gasteiger partial charge in [-0.2, -0.15) is 5.10 Å². The highest BCUT2D eigenvalue weighted by molar-refractivity contribution is 7.89. The van der Waals surface area contributed by atoms with Crippen LogP contribution in [0.2, 0.25) is 0 Å². The van der Waals surface area contributed by atoms with Gasteiger partial charge in [0.05, 0.1) is 0 Å². The van der Waals surface area contributed by atoms with E-state index in [1.807, 2.05) is 13.1 Å². The summed E-state index contributed by atoms with van der Waals surface area (Å²) >= 11 is 0. The van der Waals surface area contributed by atoms with Gasteiger partial charge in [0.25, 0.3) is 10.0 Å². The Morgan fingerprint density at radius 1 is 1.44 bits per heavy atom. The number of imidazole rings is 1. The normalized spacial score (nSPS) is 11.9. The minimum absolute atomic E-state index is 0.0926. The third-order valence-corrected chi connectivity index (χ3v) is 3.56. The molecule has 98 valence electrons. The Balaban J connectivity index is 2.16. The molecule has 0 spiro atoms. The number of aromatic nitrogens is 4. The maximum Gasteiger partial charge on any atom is 0.257 e. The molecule has 0 aliphatic carbocycles. The Morgan fingerprint density at radius 3 is 2.67 bits per heavy atom. The van der Waals surface area contributed by atoms with E-state index in [-0.39, 0.29) is 5.03 Å². The van der Waals surface area contributed by atoms with Gasteiger partial charge in [-0.1, -0.05) is 0 Å². The van der Waals surface area contributed by atoms with Gasteiger partial charge in [0.15, 0.2) is 5.03 Å². The zero-order valence-corrected chi connectivity index (χ0v) is 11.1. The van der Waals surface area contributed by atoms with Crippen molar-refractivity contribution < 1.29 is 8.42 Å². The molecule has 0 fully saturated rings. The van der Waals surface area contributed by atoms with Crippen LogP contribution >= 0.6 is 0 Å². The quantitative estimate of drug-likeness (QED) is 0.832. The highest BCUT2D eigenvalue weighted by atomic mass is 32.2. The average molecular weight is 269 g/mol. The second kappa shape index (κ2) is 4.54. The Hall–Kier alpha value is -1.67. The molecule has 0 atom stereocenters. The summed E-state index contributed by atoms with van der Waals surface area (Å²) in [6, 6.07) is 1.92. The van der Waals surface area contributed by atoms with Crippen molar-refractivity contribution in [1.29, 1.82) is 0 Å². The number of nitrogens with two attached hydrogens (primary N) is 1. The molecule has 0 aromatic carbocycles. The van der Waals surface area contributed by atoms with Crippen LogP contribution in [0.5, 0.6) is 0 Å². The molecule has 0 bridgehead atoms. The first-order valence-electron chi connectivity index (χ1n) is 5.41. The summed E-state index contributed by atoms with van der Waals surface area (Å²) in [5, 5.41) is 9.02. The topological polar surface area (TPSA) is 95.8 Å². The summed E-state index contributed by atoms with van der Waals surface area (Å²) in [5.74, 6) is 0.626. The molecule has 0 amide bonds. The van der Waals surface area contributed by atoms with Crippen LogP contribution in [-0.2, 0) is 30.0 Å². The van der Waals surface area contributed by atoms with Gasteiger partial charge >= 0.3 is 0 Å². The monoisotopic (exact) mass is 269 g/mol. The smallest absolute Gasteiger partial charge is 0.257 e. The summed E-state index contributed by atoms with van der Waals surface area (Å²) < 4.78 is 25.9. The summed E-state index contributed by atoms with van der Waals surface area (Å²) in [5.41, 5.74) is 1.07. The van der Waals surface area contributed by atoms with E-state index < -0.39 is 10.0 Å². The summed E-state index contributed by atoms with van der Waals surface area (Å²) in [6.07, 6.45) is 3.94. The van der Waals surface area contributed by atoms with Gasteiger partial charge in [0.2, 0.25) is 0 Å². The fraction of sp³-hybridized carbons (Fsp3) is 0.400. The predicted octanol–water partition coefficient (Wildman–Crippen LogP) is -0.185. The van der Waals surface area contributed by atoms with Crippen LogP contribution < -0.4 is 5.14 Å². The number of aryl methyl sites for hydroxylation is 4. The van der Waals surface area contributed by atoms with Crippen molar-refractivity contribution in [3.8, 4) is 0 Å². The van der Waals surface area contributed by atoms with Crippen molar-refractivity contribution in [2.24, 2.45) is 12.2 Å². The highest BCUT2D eigenvalue weighted by Crippen LogP contribution is 2.08. The van der Waals surface area contributed by atoms with Crippen molar-refractivity contribution in [2.75, 3.05) is 0 Å². The van der Waals surface area contributed by atoms with Crippen molar-refractivity contribution in [3.05, 3.63) is 30.0 Å². The van der Waals surface area contributed by atoms with Crippen molar-refractivity contribution in [3.63, 3.8) is 0 Å². The first-order valence-corrected chi connectivity index (χ1v) is 6.96. The van der Waals surface area contributed by atoms with Crippen LogP contribution in [0, 0.1) is 6.92 Å². The Labute approximate surface area is 105 Å². The highest BCUT2D eigenvalue weighted by Gasteiger charge is 2.14. The Morgan fingerprint density at radius 2 is 2.17 bits per heavy atom. The van der Waals surface area contributed by atoms with E-state index in [0.717, 1.165) is 12.1 Å². The zero-order chi connectivity index (χ0) is 13.3. The van der Waals surface area contributed by atoms with Crippen molar-refractivity contribution in [1.82, 2.24) is 19.3 Å². The first-order chi connectivity index (χ1) is 8.38. The van der Waals surface area contributed by atoms with E-state index >= 15 is 0 Å². The van der Waals surface area contributed by atoms with Gasteiger partial charge in [0.1, 0.15) is 5.82 Å². The number of hydrogen-bond acceptors (Lipinski definition) is 4. The van der Waals surface area contributed by atoms with Gasteiger partial charge in [-0.15, -0.1) is 0 Å². The van der Waals surface area contributed by atoms with Gasteiger partial charge < -0.3 is 4.57 Å². The third kappa shape index (κ3) is 2.59. The molecule has 2 N–H and O–H groups in total. The maximum atomic E-state index is 11.2. The van der Waals surface area contributed by atoms with Gasteiger partial charge in [-0.3, -0.25) is 4.68 Å². The van der Waals surface area contributed by atoms with Crippen LogP contribution in [0.1, 0.15) is 11.5 Å². The summed E-state index contributed by atoms with van der Waals surface area (Å²) in [4.78, 5) is 3.93. The van der Waals surface area contributed by atoms with E-state index in [1.54, 1.807) is 22.4 Å². The van der Waals surface area contributed by atoms with Crippen LogP contribution in [0.15, 0.2) is 23.5 Å². The van der Waals surface area contributed by atoms with E-state index in [4.69, 9.17) is 5.14 Å². The van der Waals surface area contributed by atoms with Gasteiger partial charge in [-0.05, 0) is 13.0 Å². The molecular formula is C10H15N5O2S. The minimum Gasteiger partial charge on any atom is -0.333 e. The summed E-state index contributed by atoms with van der Waals surface area (Å²) in [6.45, 7) is 2.38. The van der Waals surface area contributed by atoms with Crippen LogP contribution in [0.4, 0.5) is 0 Å². The van der Waals surface area contributed by atoms with Crippen LogP contribution in [0.3, 0.4) is 0 Å². The van der Waals surface area contributed by atoms with E-state index in [2.05, 4.69) is 10.1 Å². The number of rotatable bonds is 4. The lowest BCUT2D eigenvalue weighted by molar-refractivity contribution is 0.594. The molecule has 18 heavy (non-hydrogen) atoms. The fourth-order valence-corrected chi connectivity index (χ4v) is 2.26. The third-order valence-electron chi connectivity index (χ3n) is 2.78. The molecule has 2 aromatic heterocycles. The number of nitrogens with zero attached hydrogens (tertiary/aromatic N) is 4. The van der Waals surface area contributed by atoms with Crippen LogP contribution in [0.25, 0.3) is 0 Å². The number of primary sulfonamides is 1. The maximum absolute atomic E-state index is 11.2. The molecule has 7 nitrogen and oxygen atoms in total. The molecule has 0 radical (unpaired) electrons. The molecule has 0 saturated carbocycles. The van der Waals surface area contributed by atoms with Gasteiger partial charge in [-0.25, -0.2) is 18.5 Å². The molecule has 8 heteroatoms. The van der Waals surface area contributed by atoms with Crippen molar-refractivity contribution >= 4 is 10.0 Å². The minimum atomic E-state index is -3.73. The molecule has 2 heterocycles. The Kier molecular flexibility index (Phi) is 3.22. The largest absolute Gasteiger partial charge is 0.333 e. The van der Waals surface area contributed by atoms with Crippen LogP contribution in [-0.4, -0.2) is 27.7 Å². The Bertz CT molecular complexity index is 656. The molecule has 2 rings (SSSR count). The second-order valence-electron chi connectivity index (χ2n) is 4.06. The van der Waals surface area contributed by atoms with E-state index in [0.29, 0.717) is 12.4 Å². The van der Waals surface area contributed by atoms with E-state index in [9.17, 15) is 8.42 Å². The van der Waals surface area contributed by atoms with Crippen molar-refractivity contribution in [2.45, 2.75) is 24.9 Å². The first kappa shape index (κ1) is 12.8. The average Bonchev–Trinajstić information content (AvgIpc) is 2.82. The molecule has 0 unspecified atom stereocenters. The standard InChI is InChI=1S/C10H15N5O2S/c1-8-13-10(18(11,16)17)7-15(8)6-4-9-3-5-12-14(9)2/h3,5,7H,4,6H2,1-2H3,(H2,11,16,17). The zero-order valence-electron chi connectivity index (χ0n) is 10.2. The lowest BCUT2D eigenvalue weighted by Gasteiger charge is -2.04. The summed E-state index contributed by atoms with van der Waals surface area (Å²) in [7, 11) is -1.87. The van der Waals surface area contributed by atoms with E-state index in [1.165, 1.54) is 6.20 Å². The second-order valence-corrected chi connectivity index (χ2v) is 5.57. The lowest BCUT2D eigenvalue weighted by atomic mass is 10.3. The molecule has 2 aromatic rings. The van der Waals surface area contributed by atoms with Gasteiger partial charge in [0, 0.05) is 38.1 Å². The molecule has 0 aliphatic rings. The lowest BCUT2D eigenvalue weighted by Crippen LogP contribution is -2.12. The fourth-order valence-electron chi connectivity index (χ4n) is 1.72. The SMILES string of the molecule is Cc1nc(S(N)(=O)=O)cn1CCc1ccnn1C. The molecule has 0 aliphatic heterocycles.